The Hall–Kier alpha value is -3.20. The van der Waals surface area contributed by atoms with Crippen molar-refractivity contribution >= 4 is 23.0 Å². The smallest absolute Gasteiger partial charge is 0.320 e. The monoisotopic (exact) mass is 514 g/mol. The Balaban J connectivity index is 1.37. The molecule has 1 aliphatic rings. The van der Waals surface area contributed by atoms with Gasteiger partial charge in [0.15, 0.2) is 17.7 Å². The van der Waals surface area contributed by atoms with Crippen LogP contribution in [0.15, 0.2) is 43.0 Å². The number of nitrogens with two attached hydrogens (primary N) is 2. The molecule has 0 bridgehead atoms. The normalized spacial score (nSPS) is 23.3. The highest BCUT2D eigenvalue weighted by atomic mass is 16.6. The van der Waals surface area contributed by atoms with E-state index >= 15 is 0 Å². The van der Waals surface area contributed by atoms with Gasteiger partial charge in [0.05, 0.1) is 12.4 Å². The van der Waals surface area contributed by atoms with Gasteiger partial charge in [-0.3, -0.25) is 9.36 Å². The molecular weight excluding hydrogens is 480 g/mol. The molecule has 200 valence electrons. The predicted molar refractivity (Wildman–Crippen MR) is 135 cm³/mol. The van der Waals surface area contributed by atoms with Crippen molar-refractivity contribution in [2.75, 3.05) is 18.8 Å². The molecule has 13 nitrogen and oxygen atoms in total. The second-order valence-electron chi connectivity index (χ2n) is 9.20. The summed E-state index contributed by atoms with van der Waals surface area (Å²) in [6, 6.07) is 8.83. The van der Waals surface area contributed by atoms with Crippen LogP contribution in [0.5, 0.6) is 0 Å². The van der Waals surface area contributed by atoms with E-state index in [9.17, 15) is 20.1 Å². The van der Waals surface area contributed by atoms with Crippen LogP contribution >= 0.6 is 0 Å². The van der Waals surface area contributed by atoms with Crippen LogP contribution in [0.25, 0.3) is 11.2 Å². The van der Waals surface area contributed by atoms with E-state index in [-0.39, 0.29) is 18.3 Å². The van der Waals surface area contributed by atoms with Gasteiger partial charge in [0, 0.05) is 25.7 Å². The lowest BCUT2D eigenvalue weighted by Gasteiger charge is -2.24. The fraction of sp³-hybridized carbons (Fsp3) is 0.500. The summed E-state index contributed by atoms with van der Waals surface area (Å²) in [5, 5.41) is 37.5. The van der Waals surface area contributed by atoms with E-state index in [0.29, 0.717) is 37.1 Å². The molecule has 37 heavy (non-hydrogen) atoms. The fourth-order valence-electron chi connectivity index (χ4n) is 4.49. The molecule has 1 saturated heterocycles. The molecule has 4 rings (SSSR count). The first-order valence-electron chi connectivity index (χ1n) is 12.3. The molecule has 0 spiro atoms. The van der Waals surface area contributed by atoms with Crippen molar-refractivity contribution in [1.29, 1.82) is 0 Å². The number of anilines is 1. The van der Waals surface area contributed by atoms with Gasteiger partial charge in [0.1, 0.15) is 30.1 Å². The lowest BCUT2D eigenvalue weighted by atomic mass is 9.98. The van der Waals surface area contributed by atoms with Gasteiger partial charge in [-0.15, -0.1) is 0 Å². The predicted octanol–water partition coefficient (Wildman–Crippen LogP) is -0.642. The molecule has 3 heterocycles. The molecule has 0 radical (unpaired) electrons. The van der Waals surface area contributed by atoms with E-state index in [1.807, 2.05) is 30.3 Å². The molecule has 3 aromatic rings. The maximum absolute atomic E-state index is 11.2. The largest absolute Gasteiger partial charge is 0.480 e. The number of imidazole rings is 1. The number of hydrogen-bond donors (Lipinski definition) is 7. The van der Waals surface area contributed by atoms with Crippen molar-refractivity contribution in [3.05, 3.63) is 48.5 Å². The lowest BCUT2D eigenvalue weighted by Crippen LogP contribution is -2.41. The van der Waals surface area contributed by atoms with Gasteiger partial charge in [0.25, 0.3) is 0 Å². The van der Waals surface area contributed by atoms with Crippen LogP contribution in [-0.4, -0.2) is 84.3 Å². The average Bonchev–Trinajstić information content (AvgIpc) is 3.44. The van der Waals surface area contributed by atoms with Gasteiger partial charge >= 0.3 is 5.97 Å². The van der Waals surface area contributed by atoms with Crippen LogP contribution in [0.3, 0.4) is 0 Å². The number of nitrogens with one attached hydrogen (secondary N) is 2. The van der Waals surface area contributed by atoms with E-state index in [1.54, 1.807) is 0 Å². The summed E-state index contributed by atoms with van der Waals surface area (Å²) in [7, 11) is 0. The molecule has 0 aliphatic carbocycles. The topological polar surface area (TPSA) is 207 Å². The first-order valence-corrected chi connectivity index (χ1v) is 12.3. The van der Waals surface area contributed by atoms with Crippen molar-refractivity contribution in [2.24, 2.45) is 5.73 Å². The number of rotatable bonds is 13. The molecule has 6 atom stereocenters. The number of ether oxygens (including phenoxy) is 1. The van der Waals surface area contributed by atoms with Crippen molar-refractivity contribution in [3.63, 3.8) is 0 Å². The number of aliphatic carboxylic acids is 1. The Bertz CT molecular complexity index is 1160. The number of carboxylic acids is 1. The van der Waals surface area contributed by atoms with Crippen molar-refractivity contribution in [1.82, 2.24) is 30.2 Å². The fourth-order valence-corrected chi connectivity index (χ4v) is 4.49. The third-order valence-electron chi connectivity index (χ3n) is 6.57. The highest BCUT2D eigenvalue weighted by Gasteiger charge is 2.45. The molecule has 0 amide bonds. The van der Waals surface area contributed by atoms with E-state index in [1.165, 1.54) is 22.8 Å². The highest BCUT2D eigenvalue weighted by Crippen LogP contribution is 2.34. The number of aliphatic hydroxyl groups is 2. The maximum atomic E-state index is 11.2. The second-order valence-corrected chi connectivity index (χ2v) is 9.20. The number of aromatic nitrogens is 4. The summed E-state index contributed by atoms with van der Waals surface area (Å²) in [6.45, 7) is 2.01. The van der Waals surface area contributed by atoms with Crippen LogP contribution in [-0.2, 0) is 16.1 Å². The Morgan fingerprint density at radius 1 is 1.11 bits per heavy atom. The second kappa shape index (κ2) is 12.4. The van der Waals surface area contributed by atoms with E-state index in [4.69, 9.17) is 16.2 Å². The number of fused-ring (bicyclic) bond motifs is 1. The summed E-state index contributed by atoms with van der Waals surface area (Å²) < 4.78 is 7.59. The quantitative estimate of drug-likeness (QED) is 0.142. The lowest BCUT2D eigenvalue weighted by molar-refractivity contribution is -0.138. The molecule has 13 heteroatoms. The van der Waals surface area contributed by atoms with Gasteiger partial charge in [0.2, 0.25) is 0 Å². The van der Waals surface area contributed by atoms with E-state index in [2.05, 4.69) is 25.6 Å². The number of nitrogen functional groups attached to an aromatic ring is 1. The van der Waals surface area contributed by atoms with E-state index < -0.39 is 36.6 Å². The maximum Gasteiger partial charge on any atom is 0.320 e. The Kier molecular flexibility index (Phi) is 8.97. The van der Waals surface area contributed by atoms with Crippen molar-refractivity contribution < 1.29 is 24.9 Å². The number of aliphatic hydroxyl groups excluding tert-OH is 2. The molecule has 1 aromatic carbocycles. The zero-order valence-electron chi connectivity index (χ0n) is 20.3. The molecule has 0 saturated carbocycles. The van der Waals surface area contributed by atoms with Gasteiger partial charge < -0.3 is 42.2 Å². The number of benzene rings is 1. The zero-order valence-corrected chi connectivity index (χ0v) is 20.3. The van der Waals surface area contributed by atoms with Crippen LogP contribution < -0.4 is 22.1 Å². The average molecular weight is 515 g/mol. The first-order chi connectivity index (χ1) is 17.8. The summed E-state index contributed by atoms with van der Waals surface area (Å²) in [6.07, 6.45) is -0.256. The number of carboxylic acid groups (broad SMARTS) is 1. The molecular formula is C24H34N8O5. The Morgan fingerprint density at radius 3 is 2.65 bits per heavy atom. The minimum atomic E-state index is -1.23. The summed E-state index contributed by atoms with van der Waals surface area (Å²) in [5.41, 5.74) is 13.5. The third-order valence-corrected chi connectivity index (χ3v) is 6.57. The van der Waals surface area contributed by atoms with Gasteiger partial charge in [-0.1, -0.05) is 30.3 Å². The minimum absolute atomic E-state index is 0.202. The van der Waals surface area contributed by atoms with Gasteiger partial charge in [-0.2, -0.15) is 0 Å². The summed E-state index contributed by atoms with van der Waals surface area (Å²) in [4.78, 5) is 23.5. The number of carbonyl (C=O) groups is 1. The molecule has 1 aliphatic heterocycles. The molecule has 9 N–H and O–H groups in total. The van der Waals surface area contributed by atoms with Gasteiger partial charge in [-0.25, -0.2) is 15.0 Å². The highest BCUT2D eigenvalue weighted by molar-refractivity contribution is 5.81. The standard InChI is InChI=1S/C24H34N8O5/c25-16(24(35)36)7-6-15(28-9-8-27-11-14-4-2-1-3-5-14)10-17-19(33)20(34)23(37-17)32-13-31-18-21(26)29-12-30-22(18)32/h1-5,12-13,15-17,19-20,23,27-28,33-34H,6-11,25H2,(H,35,36)(H2,26,29,30)/t15-,16-,17+,19-,20?,23+/m0/s1. The van der Waals surface area contributed by atoms with Crippen LogP contribution in [0.4, 0.5) is 5.82 Å². The van der Waals surface area contributed by atoms with Crippen molar-refractivity contribution in [3.8, 4) is 0 Å². The van der Waals surface area contributed by atoms with Gasteiger partial charge in [-0.05, 0) is 24.8 Å². The number of nitrogens with zero attached hydrogens (tertiary/aromatic N) is 4. The minimum Gasteiger partial charge on any atom is -0.480 e. The molecule has 2 aromatic heterocycles. The van der Waals surface area contributed by atoms with Crippen LogP contribution in [0, 0.1) is 0 Å². The third kappa shape index (κ3) is 6.57. The van der Waals surface area contributed by atoms with Crippen molar-refractivity contribution in [2.45, 2.75) is 62.4 Å². The molecule has 1 unspecified atom stereocenters. The SMILES string of the molecule is Nc1ncnc2c1ncn2[C@@H]1O[C@H](C[C@H](CC[C@H](N)C(=O)O)NCCNCc2ccccc2)[C@H](O)C1O. The zero-order chi connectivity index (χ0) is 26.4. The Labute approximate surface area is 213 Å². The van der Waals surface area contributed by atoms with Crippen LogP contribution in [0.2, 0.25) is 0 Å². The molecule has 1 fully saturated rings. The first kappa shape index (κ1) is 26.9. The number of hydrogen-bond acceptors (Lipinski definition) is 11. The Morgan fingerprint density at radius 2 is 1.89 bits per heavy atom. The summed E-state index contributed by atoms with van der Waals surface area (Å²) in [5.74, 6) is -0.864. The van der Waals surface area contributed by atoms with E-state index in [0.717, 1.165) is 6.54 Å². The van der Waals surface area contributed by atoms with Crippen LogP contribution in [0.1, 0.15) is 31.1 Å². The summed E-state index contributed by atoms with van der Waals surface area (Å²) >= 11 is 0.